The van der Waals surface area contributed by atoms with Gasteiger partial charge in [-0.15, -0.1) is 5.10 Å². The van der Waals surface area contributed by atoms with E-state index in [0.29, 0.717) is 17.9 Å². The number of ether oxygens (including phenoxy) is 1. The average Bonchev–Trinajstić information content (AvgIpc) is 2.81. The second-order valence-electron chi connectivity index (χ2n) is 3.32. The molecule has 0 aromatic carbocycles. The Labute approximate surface area is 96.9 Å². The minimum absolute atomic E-state index is 0.000643. The number of furan rings is 1. The van der Waals surface area contributed by atoms with Crippen LogP contribution >= 0.6 is 0 Å². The predicted molar refractivity (Wildman–Crippen MR) is 57.1 cm³/mol. The molecule has 2 aromatic heterocycles. The molecule has 2 heterocycles. The zero-order valence-electron chi connectivity index (χ0n) is 9.08. The van der Waals surface area contributed by atoms with Crippen molar-refractivity contribution in [2.75, 3.05) is 7.11 Å². The van der Waals surface area contributed by atoms with Crippen molar-refractivity contribution in [3.05, 3.63) is 41.5 Å². The van der Waals surface area contributed by atoms with Gasteiger partial charge in [-0.25, -0.2) is 4.79 Å². The number of hydrogen-bond acceptors (Lipinski definition) is 5. The lowest BCUT2D eigenvalue weighted by atomic mass is 10.2. The van der Waals surface area contributed by atoms with Crippen molar-refractivity contribution in [3.8, 4) is 5.88 Å². The molecule has 88 valence electrons. The average molecular weight is 234 g/mol. The maximum Gasteiger partial charge on any atom is 0.341 e. The number of rotatable bonds is 4. The van der Waals surface area contributed by atoms with E-state index in [1.165, 1.54) is 13.2 Å². The fraction of sp³-hybridized carbons (Fsp3) is 0.182. The van der Waals surface area contributed by atoms with Gasteiger partial charge in [-0.1, -0.05) is 0 Å². The lowest BCUT2D eigenvalue weighted by molar-refractivity contribution is 0.0692. The van der Waals surface area contributed by atoms with Gasteiger partial charge in [0.1, 0.15) is 11.3 Å². The van der Waals surface area contributed by atoms with Gasteiger partial charge in [0.2, 0.25) is 5.88 Å². The third-order valence-corrected chi connectivity index (χ3v) is 2.17. The summed E-state index contributed by atoms with van der Waals surface area (Å²) in [6.45, 7) is 0. The summed E-state index contributed by atoms with van der Waals surface area (Å²) in [4.78, 5) is 11.0. The van der Waals surface area contributed by atoms with Crippen molar-refractivity contribution in [1.29, 1.82) is 0 Å². The minimum Gasteiger partial charge on any atom is -0.479 e. The Hall–Kier alpha value is -2.37. The molecule has 0 fully saturated rings. The molecule has 0 aliphatic carbocycles. The highest BCUT2D eigenvalue weighted by Gasteiger charge is 2.14. The molecule has 2 aromatic rings. The second-order valence-corrected chi connectivity index (χ2v) is 3.32. The Morgan fingerprint density at radius 3 is 2.94 bits per heavy atom. The fourth-order valence-electron chi connectivity index (χ4n) is 1.40. The first-order valence-corrected chi connectivity index (χ1v) is 4.87. The van der Waals surface area contributed by atoms with Gasteiger partial charge in [0.15, 0.2) is 0 Å². The molecule has 0 aliphatic heterocycles. The molecule has 0 spiro atoms. The summed E-state index contributed by atoms with van der Waals surface area (Å²) in [5.41, 5.74) is 0.502. The summed E-state index contributed by atoms with van der Waals surface area (Å²) in [5.74, 6) is -0.404. The smallest absolute Gasteiger partial charge is 0.341 e. The van der Waals surface area contributed by atoms with Crippen molar-refractivity contribution in [2.24, 2.45) is 0 Å². The Balaban J connectivity index is 2.30. The van der Waals surface area contributed by atoms with Crippen molar-refractivity contribution in [2.45, 2.75) is 6.42 Å². The third kappa shape index (κ3) is 2.41. The third-order valence-electron chi connectivity index (χ3n) is 2.17. The molecule has 0 radical (unpaired) electrons. The molecule has 0 aliphatic rings. The summed E-state index contributed by atoms with van der Waals surface area (Å²) in [6.07, 6.45) is 1.94. The van der Waals surface area contributed by atoms with Crippen LogP contribution < -0.4 is 4.74 Å². The zero-order chi connectivity index (χ0) is 12.3. The van der Waals surface area contributed by atoms with Crippen LogP contribution in [-0.2, 0) is 6.42 Å². The summed E-state index contributed by atoms with van der Waals surface area (Å²) in [5, 5.41) is 16.5. The maximum absolute atomic E-state index is 11.0. The molecule has 0 amide bonds. The topological polar surface area (TPSA) is 85.5 Å². The lowest BCUT2D eigenvalue weighted by Crippen LogP contribution is -2.06. The van der Waals surface area contributed by atoms with Gasteiger partial charge in [0.25, 0.3) is 0 Å². The van der Waals surface area contributed by atoms with Crippen LogP contribution in [0.25, 0.3) is 0 Å². The van der Waals surface area contributed by atoms with Crippen molar-refractivity contribution >= 4 is 5.97 Å². The predicted octanol–water partition coefficient (Wildman–Crippen LogP) is 1.37. The van der Waals surface area contributed by atoms with Crippen molar-refractivity contribution < 1.29 is 19.1 Å². The van der Waals surface area contributed by atoms with Crippen LogP contribution in [0.3, 0.4) is 0 Å². The van der Waals surface area contributed by atoms with E-state index in [1.807, 2.05) is 0 Å². The standard InChI is InChI=1S/C11H10N2O4/c1-16-10-9(11(14)15)6-7(12-13-10)5-8-3-2-4-17-8/h2-4,6H,5H2,1H3,(H,14,15). The van der Waals surface area contributed by atoms with E-state index in [1.54, 1.807) is 18.4 Å². The number of methoxy groups -OCH3 is 1. The van der Waals surface area contributed by atoms with Crippen LogP contribution in [0.15, 0.2) is 28.9 Å². The molecule has 0 saturated carbocycles. The van der Waals surface area contributed by atoms with E-state index in [4.69, 9.17) is 14.3 Å². The molecule has 0 saturated heterocycles. The van der Waals surface area contributed by atoms with Crippen LogP contribution in [0.5, 0.6) is 5.88 Å². The van der Waals surface area contributed by atoms with Gasteiger partial charge < -0.3 is 14.3 Å². The molecule has 1 N–H and O–H groups in total. The Morgan fingerprint density at radius 1 is 1.53 bits per heavy atom. The van der Waals surface area contributed by atoms with E-state index >= 15 is 0 Å². The molecule has 0 unspecified atom stereocenters. The van der Waals surface area contributed by atoms with Gasteiger partial charge in [-0.2, -0.15) is 5.10 Å². The van der Waals surface area contributed by atoms with Crippen LogP contribution in [0.4, 0.5) is 0 Å². The normalized spacial score (nSPS) is 10.2. The SMILES string of the molecule is COc1nnc(Cc2ccco2)cc1C(=O)O. The Bertz CT molecular complexity index is 522. The van der Waals surface area contributed by atoms with E-state index in [2.05, 4.69) is 10.2 Å². The Morgan fingerprint density at radius 2 is 2.35 bits per heavy atom. The number of carboxylic acids is 1. The van der Waals surface area contributed by atoms with Crippen molar-refractivity contribution in [3.63, 3.8) is 0 Å². The first kappa shape index (κ1) is 11.1. The van der Waals surface area contributed by atoms with E-state index in [0.717, 1.165) is 0 Å². The molecule has 0 bridgehead atoms. The molecule has 6 heteroatoms. The summed E-state index contributed by atoms with van der Waals surface area (Å²) < 4.78 is 9.97. The van der Waals surface area contributed by atoms with Gasteiger partial charge >= 0.3 is 5.97 Å². The van der Waals surface area contributed by atoms with Gasteiger partial charge in [0.05, 0.1) is 25.5 Å². The highest BCUT2D eigenvalue weighted by molar-refractivity contribution is 5.90. The molecular weight excluding hydrogens is 224 g/mol. The molecule has 17 heavy (non-hydrogen) atoms. The van der Waals surface area contributed by atoms with Gasteiger partial charge in [0, 0.05) is 0 Å². The summed E-state index contributed by atoms with van der Waals surface area (Å²) in [6, 6.07) is 4.97. The highest BCUT2D eigenvalue weighted by Crippen LogP contribution is 2.16. The van der Waals surface area contributed by atoms with Crippen LogP contribution in [0, 0.1) is 0 Å². The van der Waals surface area contributed by atoms with Crippen LogP contribution in [0.2, 0.25) is 0 Å². The first-order valence-electron chi connectivity index (χ1n) is 4.87. The van der Waals surface area contributed by atoms with Gasteiger partial charge in [-0.05, 0) is 18.2 Å². The lowest BCUT2D eigenvalue weighted by Gasteiger charge is -2.04. The van der Waals surface area contributed by atoms with Crippen LogP contribution in [0.1, 0.15) is 21.8 Å². The first-order chi connectivity index (χ1) is 8.20. The quantitative estimate of drug-likeness (QED) is 0.859. The number of carboxylic acid groups (broad SMARTS) is 1. The second kappa shape index (κ2) is 4.65. The van der Waals surface area contributed by atoms with Crippen molar-refractivity contribution in [1.82, 2.24) is 10.2 Å². The molecule has 2 rings (SSSR count). The number of hydrogen-bond donors (Lipinski definition) is 1. The van der Waals surface area contributed by atoms with E-state index in [-0.39, 0.29) is 11.4 Å². The zero-order valence-corrected chi connectivity index (χ0v) is 9.08. The largest absolute Gasteiger partial charge is 0.479 e. The minimum atomic E-state index is -1.10. The summed E-state index contributed by atoms with van der Waals surface area (Å²) in [7, 11) is 1.35. The highest BCUT2D eigenvalue weighted by atomic mass is 16.5. The van der Waals surface area contributed by atoms with E-state index < -0.39 is 5.97 Å². The molecule has 0 atom stereocenters. The molecular formula is C11H10N2O4. The number of aromatic carboxylic acids is 1. The summed E-state index contributed by atoms with van der Waals surface area (Å²) >= 11 is 0. The van der Waals surface area contributed by atoms with Crippen LogP contribution in [-0.4, -0.2) is 28.4 Å². The van der Waals surface area contributed by atoms with E-state index in [9.17, 15) is 4.79 Å². The monoisotopic (exact) mass is 234 g/mol. The fourth-order valence-corrected chi connectivity index (χ4v) is 1.40. The number of nitrogens with zero attached hydrogens (tertiary/aromatic N) is 2. The number of aromatic nitrogens is 2. The number of carbonyl (C=O) groups is 1. The molecule has 6 nitrogen and oxygen atoms in total. The Kier molecular flexibility index (Phi) is 3.04. The van der Waals surface area contributed by atoms with Gasteiger partial charge in [-0.3, -0.25) is 0 Å². The maximum atomic E-state index is 11.0.